The van der Waals surface area contributed by atoms with E-state index in [9.17, 15) is 4.79 Å². The maximum atomic E-state index is 10.9. The molecule has 0 aliphatic carbocycles. The van der Waals surface area contributed by atoms with Gasteiger partial charge in [0.15, 0.2) is 0 Å². The molecule has 1 aromatic heterocycles. The number of hydrogen-bond donors (Lipinski definition) is 1. The normalized spacial score (nSPS) is 12.8. The molecule has 2 aromatic rings. The van der Waals surface area contributed by atoms with E-state index in [1.165, 1.54) is 11.6 Å². The van der Waals surface area contributed by atoms with Crippen molar-refractivity contribution in [3.05, 3.63) is 59.5 Å². The number of aromatic carboxylic acids is 1. The molecule has 1 unspecified atom stereocenters. The minimum Gasteiger partial charge on any atom is -0.475 e. The van der Waals surface area contributed by atoms with Crippen LogP contribution in [0.3, 0.4) is 0 Å². The summed E-state index contributed by atoms with van der Waals surface area (Å²) >= 11 is 0. The molecular weight excluding hydrogens is 266 g/mol. The predicted octanol–water partition coefficient (Wildman–Crippen LogP) is 3.95. The predicted molar refractivity (Wildman–Crippen MR) is 81.2 cm³/mol. The van der Waals surface area contributed by atoms with Gasteiger partial charge >= 0.3 is 5.97 Å². The fourth-order valence-electron chi connectivity index (χ4n) is 2.42. The first-order valence-electron chi connectivity index (χ1n) is 7.11. The summed E-state index contributed by atoms with van der Waals surface area (Å²) in [5, 5.41) is 8.96. The van der Waals surface area contributed by atoms with Crippen LogP contribution < -0.4 is 0 Å². The van der Waals surface area contributed by atoms with Gasteiger partial charge in [-0.1, -0.05) is 30.3 Å². The molecule has 1 N–H and O–H groups in total. The Labute approximate surface area is 125 Å². The van der Waals surface area contributed by atoms with Gasteiger partial charge < -0.3 is 9.52 Å². The van der Waals surface area contributed by atoms with Gasteiger partial charge in [-0.3, -0.25) is 4.90 Å². The molecule has 21 heavy (non-hydrogen) atoms. The van der Waals surface area contributed by atoms with Crippen LogP contribution in [0.15, 0.2) is 46.9 Å². The van der Waals surface area contributed by atoms with Crippen LogP contribution in [-0.4, -0.2) is 22.0 Å². The molecule has 1 heterocycles. The SMILES string of the molecule is CC(C)N(Cc1ccccc1)C(C)c1ccc(C(=O)O)o1. The van der Waals surface area contributed by atoms with E-state index < -0.39 is 5.97 Å². The van der Waals surface area contributed by atoms with E-state index in [0.29, 0.717) is 11.8 Å². The zero-order chi connectivity index (χ0) is 15.4. The molecule has 0 aliphatic rings. The van der Waals surface area contributed by atoms with Crippen molar-refractivity contribution < 1.29 is 14.3 Å². The Bertz CT molecular complexity index is 589. The van der Waals surface area contributed by atoms with E-state index in [4.69, 9.17) is 9.52 Å². The van der Waals surface area contributed by atoms with Crippen LogP contribution in [0.4, 0.5) is 0 Å². The van der Waals surface area contributed by atoms with Gasteiger partial charge in [0.2, 0.25) is 5.76 Å². The molecule has 4 nitrogen and oxygen atoms in total. The van der Waals surface area contributed by atoms with Gasteiger partial charge in [0.1, 0.15) is 5.76 Å². The summed E-state index contributed by atoms with van der Waals surface area (Å²) in [5.74, 6) is -0.370. The van der Waals surface area contributed by atoms with Crippen LogP contribution in [0.5, 0.6) is 0 Å². The van der Waals surface area contributed by atoms with E-state index in [1.54, 1.807) is 6.07 Å². The lowest BCUT2D eigenvalue weighted by Gasteiger charge is -2.31. The van der Waals surface area contributed by atoms with Gasteiger partial charge in [0.25, 0.3) is 0 Å². The Morgan fingerprint density at radius 3 is 2.33 bits per heavy atom. The molecule has 0 saturated carbocycles. The summed E-state index contributed by atoms with van der Waals surface area (Å²) in [4.78, 5) is 13.2. The van der Waals surface area contributed by atoms with Gasteiger partial charge in [-0.15, -0.1) is 0 Å². The average Bonchev–Trinajstić information content (AvgIpc) is 2.95. The lowest BCUT2D eigenvalue weighted by Crippen LogP contribution is -2.32. The summed E-state index contributed by atoms with van der Waals surface area (Å²) in [6.45, 7) is 7.08. The molecule has 0 bridgehead atoms. The van der Waals surface area contributed by atoms with Gasteiger partial charge in [-0.25, -0.2) is 4.79 Å². The number of carbonyl (C=O) groups is 1. The van der Waals surface area contributed by atoms with Crippen LogP contribution in [0.2, 0.25) is 0 Å². The van der Waals surface area contributed by atoms with Gasteiger partial charge in [0, 0.05) is 12.6 Å². The Balaban J connectivity index is 2.18. The topological polar surface area (TPSA) is 53.7 Å². The van der Waals surface area contributed by atoms with Crippen molar-refractivity contribution in [2.45, 2.75) is 39.4 Å². The first-order valence-corrected chi connectivity index (χ1v) is 7.11. The monoisotopic (exact) mass is 287 g/mol. The zero-order valence-corrected chi connectivity index (χ0v) is 12.6. The standard InChI is InChI=1S/C17H21NO3/c1-12(2)18(11-14-7-5-4-6-8-14)13(3)15-9-10-16(21-15)17(19)20/h4-10,12-13H,11H2,1-3H3,(H,19,20). The van der Waals surface area contributed by atoms with Crippen molar-refractivity contribution in [1.82, 2.24) is 4.90 Å². The van der Waals surface area contributed by atoms with Crippen molar-refractivity contribution in [2.24, 2.45) is 0 Å². The van der Waals surface area contributed by atoms with E-state index >= 15 is 0 Å². The Morgan fingerprint density at radius 1 is 1.14 bits per heavy atom. The fourth-order valence-corrected chi connectivity index (χ4v) is 2.42. The lowest BCUT2D eigenvalue weighted by molar-refractivity contribution is 0.0652. The third-order valence-electron chi connectivity index (χ3n) is 3.62. The van der Waals surface area contributed by atoms with Crippen LogP contribution in [0, 0.1) is 0 Å². The van der Waals surface area contributed by atoms with Crippen LogP contribution in [-0.2, 0) is 6.54 Å². The average molecular weight is 287 g/mol. The second-order valence-corrected chi connectivity index (χ2v) is 5.43. The zero-order valence-electron chi connectivity index (χ0n) is 12.6. The third kappa shape index (κ3) is 3.73. The van der Waals surface area contributed by atoms with Gasteiger partial charge in [-0.05, 0) is 38.5 Å². The largest absolute Gasteiger partial charge is 0.475 e. The van der Waals surface area contributed by atoms with Crippen molar-refractivity contribution >= 4 is 5.97 Å². The highest BCUT2D eigenvalue weighted by atomic mass is 16.4. The van der Waals surface area contributed by atoms with Crippen molar-refractivity contribution in [2.75, 3.05) is 0 Å². The van der Waals surface area contributed by atoms with Crippen LogP contribution in [0.25, 0.3) is 0 Å². The number of carboxylic acids is 1. The molecule has 0 amide bonds. The summed E-state index contributed by atoms with van der Waals surface area (Å²) in [7, 11) is 0. The Morgan fingerprint density at radius 2 is 1.81 bits per heavy atom. The van der Waals surface area contributed by atoms with Gasteiger partial charge in [-0.2, -0.15) is 0 Å². The van der Waals surface area contributed by atoms with E-state index in [-0.39, 0.29) is 11.8 Å². The molecule has 1 aromatic carbocycles. The summed E-state index contributed by atoms with van der Waals surface area (Å²) in [6.07, 6.45) is 0. The van der Waals surface area contributed by atoms with E-state index in [1.807, 2.05) is 25.1 Å². The maximum Gasteiger partial charge on any atom is 0.371 e. The first kappa shape index (κ1) is 15.3. The third-order valence-corrected chi connectivity index (χ3v) is 3.62. The Kier molecular flexibility index (Phi) is 4.81. The number of rotatable bonds is 6. The smallest absolute Gasteiger partial charge is 0.371 e. The molecule has 112 valence electrons. The quantitative estimate of drug-likeness (QED) is 0.874. The first-order chi connectivity index (χ1) is 9.99. The second-order valence-electron chi connectivity index (χ2n) is 5.43. The Hall–Kier alpha value is -2.07. The molecule has 0 radical (unpaired) electrons. The minimum absolute atomic E-state index is 0.0123. The number of hydrogen-bond acceptors (Lipinski definition) is 3. The van der Waals surface area contributed by atoms with E-state index in [0.717, 1.165) is 6.54 Å². The minimum atomic E-state index is -1.03. The van der Waals surface area contributed by atoms with Crippen molar-refractivity contribution in [3.63, 3.8) is 0 Å². The molecule has 0 spiro atoms. The maximum absolute atomic E-state index is 10.9. The van der Waals surface area contributed by atoms with Crippen LogP contribution >= 0.6 is 0 Å². The highest BCUT2D eigenvalue weighted by molar-refractivity contribution is 5.84. The molecule has 1 atom stereocenters. The number of nitrogens with zero attached hydrogens (tertiary/aromatic N) is 1. The molecule has 0 aliphatic heterocycles. The van der Waals surface area contributed by atoms with Crippen molar-refractivity contribution in [1.29, 1.82) is 0 Å². The summed E-state index contributed by atoms with van der Waals surface area (Å²) < 4.78 is 5.43. The second kappa shape index (κ2) is 6.59. The van der Waals surface area contributed by atoms with E-state index in [2.05, 4.69) is 30.9 Å². The highest BCUT2D eigenvalue weighted by Gasteiger charge is 2.22. The molecule has 0 saturated heterocycles. The number of benzene rings is 1. The molecule has 2 rings (SSSR count). The van der Waals surface area contributed by atoms with Crippen LogP contribution in [0.1, 0.15) is 48.7 Å². The fraction of sp³-hybridized carbons (Fsp3) is 0.353. The van der Waals surface area contributed by atoms with Crippen molar-refractivity contribution in [3.8, 4) is 0 Å². The molecule has 0 fully saturated rings. The molecule has 4 heteroatoms. The summed E-state index contributed by atoms with van der Waals surface area (Å²) in [6, 6.07) is 13.8. The highest BCUT2D eigenvalue weighted by Crippen LogP contribution is 2.26. The molecular formula is C17H21NO3. The lowest BCUT2D eigenvalue weighted by atomic mass is 10.1. The summed E-state index contributed by atoms with van der Waals surface area (Å²) in [5.41, 5.74) is 1.23. The number of furan rings is 1. The van der Waals surface area contributed by atoms with Gasteiger partial charge in [0.05, 0.1) is 6.04 Å². The number of carboxylic acid groups (broad SMARTS) is 1.